The van der Waals surface area contributed by atoms with Crippen LogP contribution < -0.4 is 10.2 Å². The van der Waals surface area contributed by atoms with Gasteiger partial charge < -0.3 is 4.74 Å². The maximum absolute atomic E-state index is 5.40. The van der Waals surface area contributed by atoms with Crippen LogP contribution in [0, 0.1) is 5.92 Å². The summed E-state index contributed by atoms with van der Waals surface area (Å²) in [5.41, 5.74) is 3.55. The van der Waals surface area contributed by atoms with E-state index in [0.29, 0.717) is 29.9 Å². The quantitative estimate of drug-likeness (QED) is 0.923. The molecule has 0 saturated carbocycles. The van der Waals surface area contributed by atoms with Gasteiger partial charge >= 0.3 is 0 Å². The molecule has 2 rings (SSSR count). The molecule has 1 aromatic rings. The van der Waals surface area contributed by atoms with Crippen molar-refractivity contribution in [3.05, 3.63) is 22.3 Å². The highest BCUT2D eigenvalue weighted by Crippen LogP contribution is 2.23. The lowest BCUT2D eigenvalue weighted by molar-refractivity contribution is 0.0506. The number of pyridine rings is 1. The first kappa shape index (κ1) is 14.3. The van der Waals surface area contributed by atoms with Gasteiger partial charge in [-0.15, -0.1) is 0 Å². The van der Waals surface area contributed by atoms with Crippen LogP contribution in [0.2, 0.25) is 0 Å². The zero-order valence-corrected chi connectivity index (χ0v) is 12.9. The van der Waals surface area contributed by atoms with E-state index < -0.39 is 0 Å². The van der Waals surface area contributed by atoms with Crippen LogP contribution in [0.15, 0.2) is 21.6 Å². The van der Waals surface area contributed by atoms with Gasteiger partial charge in [-0.2, -0.15) is 0 Å². The minimum absolute atomic E-state index is 0.165. The molecule has 2 heterocycles. The molecule has 0 aliphatic carbocycles. The van der Waals surface area contributed by atoms with Crippen molar-refractivity contribution in [1.82, 2.24) is 10.5 Å². The summed E-state index contributed by atoms with van der Waals surface area (Å²) in [4.78, 5) is 14.5. The first-order chi connectivity index (χ1) is 9.15. The lowest BCUT2D eigenvalue weighted by Gasteiger charge is -2.25. The number of amidine groups is 1. The molecule has 0 aromatic carbocycles. The van der Waals surface area contributed by atoms with Crippen LogP contribution in [-0.2, 0) is 4.84 Å². The summed E-state index contributed by atoms with van der Waals surface area (Å²) in [6.07, 6.45) is 1.07. The molecule has 1 aromatic heterocycles. The number of nitrogens with one attached hydrogen (secondary N) is 1. The number of halogens is 1. The van der Waals surface area contributed by atoms with Gasteiger partial charge in [-0.25, -0.2) is 10.5 Å². The fourth-order valence-corrected chi connectivity index (χ4v) is 2.19. The predicted molar refractivity (Wildman–Crippen MR) is 77.4 cm³/mol. The normalized spacial score (nSPS) is 20.4. The van der Waals surface area contributed by atoms with Crippen LogP contribution >= 0.6 is 15.9 Å². The Kier molecular flexibility index (Phi) is 4.76. The van der Waals surface area contributed by atoms with Gasteiger partial charge in [0.2, 0.25) is 5.88 Å². The summed E-state index contributed by atoms with van der Waals surface area (Å²) in [6.45, 7) is 4.92. The predicted octanol–water partition coefficient (Wildman–Crippen LogP) is 2.55. The molecule has 0 fully saturated rings. The molecule has 1 aliphatic rings. The average Bonchev–Trinajstić information content (AvgIpc) is 2.47. The summed E-state index contributed by atoms with van der Waals surface area (Å²) in [7, 11) is 1.59. The van der Waals surface area contributed by atoms with Crippen molar-refractivity contribution < 1.29 is 9.57 Å². The number of methoxy groups -OCH3 is 1. The van der Waals surface area contributed by atoms with Gasteiger partial charge in [0.25, 0.3) is 0 Å². The van der Waals surface area contributed by atoms with Crippen molar-refractivity contribution in [3.63, 3.8) is 0 Å². The molecule has 0 amide bonds. The SMILES string of the molecule is CCC(C)C1CONC(c2ccc(Br)c(OC)n2)=N1. The van der Waals surface area contributed by atoms with Crippen LogP contribution in [-0.4, -0.2) is 30.6 Å². The van der Waals surface area contributed by atoms with Crippen LogP contribution in [0.5, 0.6) is 5.88 Å². The van der Waals surface area contributed by atoms with Gasteiger partial charge in [-0.05, 0) is 34.0 Å². The molecular formula is C13H18BrN3O2. The molecule has 5 nitrogen and oxygen atoms in total. The molecule has 0 saturated heterocycles. The van der Waals surface area contributed by atoms with E-state index in [-0.39, 0.29) is 6.04 Å². The van der Waals surface area contributed by atoms with E-state index in [4.69, 9.17) is 9.57 Å². The van der Waals surface area contributed by atoms with Crippen molar-refractivity contribution >= 4 is 21.8 Å². The Morgan fingerprint density at radius 2 is 2.37 bits per heavy atom. The van der Waals surface area contributed by atoms with Gasteiger partial charge in [-0.1, -0.05) is 20.3 Å². The second-order valence-corrected chi connectivity index (χ2v) is 5.39. The molecule has 0 spiro atoms. The maximum atomic E-state index is 5.40. The molecule has 2 unspecified atom stereocenters. The molecule has 1 N–H and O–H groups in total. The van der Waals surface area contributed by atoms with Crippen LogP contribution in [0.4, 0.5) is 0 Å². The third-order valence-corrected chi connectivity index (χ3v) is 3.87. The smallest absolute Gasteiger partial charge is 0.228 e. The summed E-state index contributed by atoms with van der Waals surface area (Å²) >= 11 is 3.38. The third kappa shape index (κ3) is 3.25. The van der Waals surface area contributed by atoms with Crippen molar-refractivity contribution in [3.8, 4) is 5.88 Å². The highest BCUT2D eigenvalue weighted by Gasteiger charge is 2.22. The minimum Gasteiger partial charge on any atom is -0.480 e. The minimum atomic E-state index is 0.165. The number of hydrogen-bond acceptors (Lipinski definition) is 5. The highest BCUT2D eigenvalue weighted by atomic mass is 79.9. The zero-order chi connectivity index (χ0) is 13.8. The van der Waals surface area contributed by atoms with Gasteiger partial charge in [0.15, 0.2) is 5.84 Å². The Morgan fingerprint density at radius 1 is 1.58 bits per heavy atom. The fraction of sp³-hybridized carbons (Fsp3) is 0.538. The number of aliphatic imine (C=N–C) groups is 1. The Balaban J connectivity index is 2.27. The van der Waals surface area contributed by atoms with Crippen molar-refractivity contribution in [2.75, 3.05) is 13.7 Å². The van der Waals surface area contributed by atoms with Gasteiger partial charge in [0.05, 0.1) is 24.2 Å². The largest absolute Gasteiger partial charge is 0.480 e. The number of rotatable bonds is 4. The van der Waals surface area contributed by atoms with E-state index in [9.17, 15) is 0 Å². The number of aromatic nitrogens is 1. The van der Waals surface area contributed by atoms with Crippen LogP contribution in [0.3, 0.4) is 0 Å². The first-order valence-corrected chi connectivity index (χ1v) is 7.11. The van der Waals surface area contributed by atoms with Crippen molar-refractivity contribution in [1.29, 1.82) is 0 Å². The lowest BCUT2D eigenvalue weighted by atomic mass is 10.0. The van der Waals surface area contributed by atoms with E-state index in [0.717, 1.165) is 10.9 Å². The van der Waals surface area contributed by atoms with E-state index in [1.54, 1.807) is 7.11 Å². The molecule has 19 heavy (non-hydrogen) atoms. The molecule has 6 heteroatoms. The van der Waals surface area contributed by atoms with Crippen molar-refractivity contribution in [2.24, 2.45) is 10.9 Å². The second-order valence-electron chi connectivity index (χ2n) is 4.53. The molecule has 1 aliphatic heterocycles. The third-order valence-electron chi connectivity index (χ3n) is 3.27. The number of hydrogen-bond donors (Lipinski definition) is 1. The number of hydroxylamine groups is 1. The molecule has 0 bridgehead atoms. The Bertz CT molecular complexity index is 479. The molecule has 0 radical (unpaired) electrons. The highest BCUT2D eigenvalue weighted by molar-refractivity contribution is 9.10. The Hall–Kier alpha value is -1.14. The van der Waals surface area contributed by atoms with E-state index in [1.165, 1.54) is 0 Å². The standard InChI is InChI=1S/C13H18BrN3O2/c1-4-8(2)11-7-19-17-12(15-11)10-6-5-9(14)13(16-10)18-3/h5-6,8,11H,4,7H2,1-3H3,(H,15,17). The molecule has 2 atom stereocenters. The zero-order valence-electron chi connectivity index (χ0n) is 11.3. The number of ether oxygens (including phenoxy) is 1. The van der Waals surface area contributed by atoms with Gasteiger partial charge in [0, 0.05) is 0 Å². The Labute approximate surface area is 121 Å². The summed E-state index contributed by atoms with van der Waals surface area (Å²) in [5.74, 6) is 1.67. The maximum Gasteiger partial charge on any atom is 0.228 e. The second kappa shape index (κ2) is 6.34. The molecular weight excluding hydrogens is 310 g/mol. The summed E-state index contributed by atoms with van der Waals surface area (Å²) in [6, 6.07) is 3.93. The summed E-state index contributed by atoms with van der Waals surface area (Å²) in [5, 5.41) is 0. The van der Waals surface area contributed by atoms with Gasteiger partial charge in [0.1, 0.15) is 5.69 Å². The molecule has 104 valence electrons. The number of nitrogens with zero attached hydrogens (tertiary/aromatic N) is 2. The van der Waals surface area contributed by atoms with Gasteiger partial charge in [-0.3, -0.25) is 9.83 Å². The van der Waals surface area contributed by atoms with E-state index >= 15 is 0 Å². The van der Waals surface area contributed by atoms with Crippen molar-refractivity contribution in [2.45, 2.75) is 26.3 Å². The topological polar surface area (TPSA) is 55.7 Å². The average molecular weight is 328 g/mol. The van der Waals surface area contributed by atoms with E-state index in [1.807, 2.05) is 12.1 Å². The van der Waals surface area contributed by atoms with Crippen LogP contribution in [0.25, 0.3) is 0 Å². The first-order valence-electron chi connectivity index (χ1n) is 6.32. The summed E-state index contributed by atoms with van der Waals surface area (Å²) < 4.78 is 6.00. The monoisotopic (exact) mass is 327 g/mol. The van der Waals surface area contributed by atoms with Crippen LogP contribution in [0.1, 0.15) is 26.0 Å². The fourth-order valence-electron chi connectivity index (χ4n) is 1.81. The van der Waals surface area contributed by atoms with E-state index in [2.05, 4.69) is 45.2 Å². The Morgan fingerprint density at radius 3 is 3.05 bits per heavy atom. The lowest BCUT2D eigenvalue weighted by Crippen LogP contribution is -2.38.